The topological polar surface area (TPSA) is 76.9 Å². The Morgan fingerprint density at radius 2 is 1.89 bits per heavy atom. The number of ether oxygens (including phenoxy) is 1. The van der Waals surface area contributed by atoms with E-state index < -0.39 is 0 Å². The maximum Gasteiger partial charge on any atom is 0.227 e. The van der Waals surface area contributed by atoms with Gasteiger partial charge in [-0.25, -0.2) is 0 Å². The van der Waals surface area contributed by atoms with Gasteiger partial charge in [-0.1, -0.05) is 36.4 Å². The zero-order valence-electron chi connectivity index (χ0n) is 15.2. The van der Waals surface area contributed by atoms with Crippen molar-refractivity contribution < 1.29 is 4.74 Å². The fourth-order valence-electron chi connectivity index (χ4n) is 2.81. The average Bonchev–Trinajstić information content (AvgIpc) is 3.08. The average molecular weight is 360 g/mol. The Balaban J connectivity index is 1.66. The van der Waals surface area contributed by atoms with Crippen LogP contribution in [-0.4, -0.2) is 26.9 Å². The summed E-state index contributed by atoms with van der Waals surface area (Å²) in [5, 5.41) is 11.8. The molecule has 27 heavy (non-hydrogen) atoms. The van der Waals surface area contributed by atoms with Gasteiger partial charge in [-0.2, -0.15) is 15.1 Å². The van der Waals surface area contributed by atoms with Gasteiger partial charge in [-0.15, -0.1) is 0 Å². The highest BCUT2D eigenvalue weighted by Gasteiger charge is 2.12. The fourth-order valence-corrected chi connectivity index (χ4v) is 2.81. The monoisotopic (exact) mass is 360 g/mol. The molecule has 0 unspecified atom stereocenters. The quantitative estimate of drug-likeness (QED) is 0.546. The van der Waals surface area contributed by atoms with Gasteiger partial charge in [0, 0.05) is 25.3 Å². The second-order valence-electron chi connectivity index (χ2n) is 6.10. The van der Waals surface area contributed by atoms with E-state index in [0.29, 0.717) is 18.3 Å². The minimum atomic E-state index is 0.542. The zero-order chi connectivity index (χ0) is 18.6. The number of rotatable bonds is 6. The van der Waals surface area contributed by atoms with Crippen LogP contribution in [0.2, 0.25) is 0 Å². The van der Waals surface area contributed by atoms with Crippen LogP contribution in [0.3, 0.4) is 0 Å². The molecule has 0 aliphatic carbocycles. The number of fused-ring (bicyclic) bond motifs is 1. The van der Waals surface area contributed by atoms with Crippen LogP contribution < -0.4 is 15.4 Å². The number of hydrogen-bond acceptors (Lipinski definition) is 6. The molecule has 2 N–H and O–H groups in total. The van der Waals surface area contributed by atoms with E-state index in [1.54, 1.807) is 18.0 Å². The number of nitrogens with one attached hydrogen (secondary N) is 2. The minimum absolute atomic E-state index is 0.542. The Labute approximate surface area is 157 Å². The van der Waals surface area contributed by atoms with Gasteiger partial charge in [0.25, 0.3) is 0 Å². The predicted octanol–water partition coefficient (Wildman–Crippen LogP) is 3.73. The first-order valence-electron chi connectivity index (χ1n) is 8.61. The van der Waals surface area contributed by atoms with E-state index in [1.165, 1.54) is 0 Å². The smallest absolute Gasteiger partial charge is 0.227 e. The Bertz CT molecular complexity index is 1060. The molecule has 0 aliphatic heterocycles. The molecule has 4 rings (SSSR count). The van der Waals surface area contributed by atoms with E-state index in [2.05, 4.69) is 37.8 Å². The van der Waals surface area contributed by atoms with Crippen molar-refractivity contribution >= 4 is 28.5 Å². The summed E-state index contributed by atoms with van der Waals surface area (Å²) < 4.78 is 7.03. The van der Waals surface area contributed by atoms with Gasteiger partial charge < -0.3 is 15.4 Å². The minimum Gasteiger partial charge on any atom is -0.497 e. The summed E-state index contributed by atoms with van der Waals surface area (Å²) in [4.78, 5) is 9.25. The number of hydrogen-bond donors (Lipinski definition) is 2. The van der Waals surface area contributed by atoms with Crippen molar-refractivity contribution in [3.05, 3.63) is 66.4 Å². The van der Waals surface area contributed by atoms with Crippen molar-refractivity contribution in [2.45, 2.75) is 6.54 Å². The van der Waals surface area contributed by atoms with Crippen molar-refractivity contribution in [2.75, 3.05) is 17.7 Å². The molecule has 0 amide bonds. The van der Waals surface area contributed by atoms with Crippen molar-refractivity contribution in [2.24, 2.45) is 7.05 Å². The summed E-state index contributed by atoms with van der Waals surface area (Å²) in [7, 11) is 3.51. The standard InChI is InChI=1S/C20H20N6O/c1-26-19-17(13-22-26)18(23-15-9-6-10-16(11-15)27-2)24-20(25-19)21-12-14-7-4-3-5-8-14/h3-11,13H,12H2,1-2H3,(H2,21,23,24,25). The first-order valence-corrected chi connectivity index (χ1v) is 8.61. The van der Waals surface area contributed by atoms with Crippen LogP contribution in [0, 0.1) is 0 Å². The number of nitrogens with zero attached hydrogens (tertiary/aromatic N) is 4. The van der Waals surface area contributed by atoms with E-state index in [9.17, 15) is 0 Å². The first-order chi connectivity index (χ1) is 13.2. The lowest BCUT2D eigenvalue weighted by Crippen LogP contribution is -2.07. The second-order valence-corrected chi connectivity index (χ2v) is 6.10. The molecule has 0 bridgehead atoms. The van der Waals surface area contributed by atoms with Crippen LogP contribution in [-0.2, 0) is 13.6 Å². The van der Waals surface area contributed by atoms with Crippen LogP contribution in [0.4, 0.5) is 17.5 Å². The van der Waals surface area contributed by atoms with E-state index in [-0.39, 0.29) is 0 Å². The van der Waals surface area contributed by atoms with Crippen LogP contribution in [0.5, 0.6) is 5.75 Å². The molecule has 2 heterocycles. The summed E-state index contributed by atoms with van der Waals surface area (Å²) >= 11 is 0. The summed E-state index contributed by atoms with van der Waals surface area (Å²) in [5.74, 6) is 2.01. The number of benzene rings is 2. The van der Waals surface area contributed by atoms with E-state index >= 15 is 0 Å². The first kappa shape index (κ1) is 16.8. The number of anilines is 3. The van der Waals surface area contributed by atoms with Crippen molar-refractivity contribution in [1.29, 1.82) is 0 Å². The molecule has 0 saturated heterocycles. The molecule has 7 heteroatoms. The summed E-state index contributed by atoms with van der Waals surface area (Å²) in [5.41, 5.74) is 2.80. The Morgan fingerprint density at radius 3 is 2.70 bits per heavy atom. The molecule has 0 aliphatic rings. The van der Waals surface area contributed by atoms with E-state index in [1.807, 2.05) is 49.5 Å². The third-order valence-corrected chi connectivity index (χ3v) is 4.22. The largest absolute Gasteiger partial charge is 0.497 e. The second kappa shape index (κ2) is 7.33. The normalized spacial score (nSPS) is 10.7. The van der Waals surface area contributed by atoms with Crippen LogP contribution in [0.25, 0.3) is 11.0 Å². The number of aryl methyl sites for hydroxylation is 1. The molecule has 4 aromatic rings. The highest BCUT2D eigenvalue weighted by Crippen LogP contribution is 2.26. The molecule has 7 nitrogen and oxygen atoms in total. The van der Waals surface area contributed by atoms with Crippen molar-refractivity contribution in [3.8, 4) is 5.75 Å². The maximum atomic E-state index is 5.29. The molecule has 2 aromatic carbocycles. The van der Waals surface area contributed by atoms with Crippen molar-refractivity contribution in [3.63, 3.8) is 0 Å². The van der Waals surface area contributed by atoms with Gasteiger partial charge in [-0.05, 0) is 17.7 Å². The predicted molar refractivity (Wildman–Crippen MR) is 106 cm³/mol. The molecule has 136 valence electrons. The Morgan fingerprint density at radius 1 is 1.04 bits per heavy atom. The van der Waals surface area contributed by atoms with Crippen molar-refractivity contribution in [1.82, 2.24) is 19.7 Å². The molecule has 0 spiro atoms. The number of methoxy groups -OCH3 is 1. The van der Waals surface area contributed by atoms with Gasteiger partial charge >= 0.3 is 0 Å². The Kier molecular flexibility index (Phi) is 4.57. The zero-order valence-corrected chi connectivity index (χ0v) is 15.2. The molecule has 0 radical (unpaired) electrons. The van der Waals surface area contributed by atoms with Crippen LogP contribution in [0.1, 0.15) is 5.56 Å². The molecular formula is C20H20N6O. The molecule has 2 aromatic heterocycles. The highest BCUT2D eigenvalue weighted by atomic mass is 16.5. The number of aromatic nitrogens is 4. The van der Waals surface area contributed by atoms with Gasteiger partial charge in [-0.3, -0.25) is 4.68 Å². The summed E-state index contributed by atoms with van der Waals surface area (Å²) in [6, 6.07) is 17.9. The molecule has 0 saturated carbocycles. The Hall–Kier alpha value is -3.61. The SMILES string of the molecule is COc1cccc(Nc2nc(NCc3ccccc3)nc3c2cnn3C)c1. The molecular weight excluding hydrogens is 340 g/mol. The van der Waals surface area contributed by atoms with E-state index in [0.717, 1.165) is 28.0 Å². The van der Waals surface area contributed by atoms with Gasteiger partial charge in [0.05, 0.1) is 18.7 Å². The van der Waals surface area contributed by atoms with Gasteiger partial charge in [0.1, 0.15) is 11.6 Å². The van der Waals surface area contributed by atoms with E-state index in [4.69, 9.17) is 4.74 Å². The third-order valence-electron chi connectivity index (χ3n) is 4.22. The maximum absolute atomic E-state index is 5.29. The summed E-state index contributed by atoms with van der Waals surface area (Å²) in [6.45, 7) is 0.642. The highest BCUT2D eigenvalue weighted by molar-refractivity contribution is 5.89. The third kappa shape index (κ3) is 3.67. The fraction of sp³-hybridized carbons (Fsp3) is 0.150. The lowest BCUT2D eigenvalue weighted by Gasteiger charge is -2.11. The molecule has 0 fully saturated rings. The molecule has 0 atom stereocenters. The lowest BCUT2D eigenvalue weighted by molar-refractivity contribution is 0.415. The van der Waals surface area contributed by atoms with Crippen LogP contribution in [0.15, 0.2) is 60.8 Å². The lowest BCUT2D eigenvalue weighted by atomic mass is 10.2. The summed E-state index contributed by atoms with van der Waals surface area (Å²) in [6.07, 6.45) is 1.76. The van der Waals surface area contributed by atoms with Gasteiger partial charge in [0.15, 0.2) is 5.65 Å². The van der Waals surface area contributed by atoms with Crippen LogP contribution >= 0.6 is 0 Å². The van der Waals surface area contributed by atoms with Gasteiger partial charge in [0.2, 0.25) is 5.95 Å².